The summed E-state index contributed by atoms with van der Waals surface area (Å²) in [4.78, 5) is 0. The summed E-state index contributed by atoms with van der Waals surface area (Å²) in [7, 11) is 0. The van der Waals surface area contributed by atoms with Gasteiger partial charge in [0, 0.05) is 32.7 Å². The van der Waals surface area contributed by atoms with Crippen molar-refractivity contribution in [3.8, 4) is 51.8 Å². The Kier molecular flexibility index (Phi) is 6.56. The highest BCUT2D eigenvalue weighted by Crippen LogP contribution is 2.42. The van der Waals surface area contributed by atoms with Crippen molar-refractivity contribution in [1.29, 1.82) is 15.8 Å². The molecule has 5 nitrogen and oxygen atoms in total. The van der Waals surface area contributed by atoms with E-state index in [0.29, 0.717) is 16.7 Å². The van der Waals surface area contributed by atoms with Gasteiger partial charge in [-0.15, -0.1) is 0 Å². The third-order valence-corrected chi connectivity index (χ3v) is 9.65. The second kappa shape index (κ2) is 11.4. The predicted octanol–water partition coefficient (Wildman–Crippen LogP) is 10.8. The van der Waals surface area contributed by atoms with Crippen molar-refractivity contribution >= 4 is 43.6 Å². The van der Waals surface area contributed by atoms with E-state index in [1.165, 1.54) is 0 Å². The van der Waals surface area contributed by atoms with Crippen LogP contribution in [0, 0.1) is 34.0 Å². The molecule has 0 aliphatic carbocycles. The zero-order valence-electron chi connectivity index (χ0n) is 26.7. The molecule has 2 heterocycles. The number of rotatable bonds is 4. The van der Waals surface area contributed by atoms with Crippen LogP contribution in [0.2, 0.25) is 0 Å². The van der Waals surface area contributed by atoms with Crippen LogP contribution in [0.4, 0.5) is 0 Å². The van der Waals surface area contributed by atoms with E-state index in [-0.39, 0.29) is 0 Å². The zero-order chi connectivity index (χ0) is 33.8. The first kappa shape index (κ1) is 28.8. The quantitative estimate of drug-likeness (QED) is 0.193. The maximum atomic E-state index is 10.6. The van der Waals surface area contributed by atoms with E-state index >= 15 is 0 Å². The lowest BCUT2D eigenvalue weighted by atomic mass is 9.89. The lowest BCUT2D eigenvalue weighted by molar-refractivity contribution is 1.17. The highest BCUT2D eigenvalue weighted by molar-refractivity contribution is 6.11. The summed E-state index contributed by atoms with van der Waals surface area (Å²) >= 11 is 0. The highest BCUT2D eigenvalue weighted by Gasteiger charge is 2.21. The van der Waals surface area contributed by atoms with Gasteiger partial charge in [-0.05, 0) is 71.8 Å². The minimum Gasteiger partial charge on any atom is -0.309 e. The summed E-state index contributed by atoms with van der Waals surface area (Å²) in [6.07, 6.45) is 0. The van der Waals surface area contributed by atoms with Crippen molar-refractivity contribution in [2.75, 3.05) is 0 Å². The molecule has 0 radical (unpaired) electrons. The Labute approximate surface area is 287 Å². The van der Waals surface area contributed by atoms with Gasteiger partial charge in [-0.25, -0.2) is 0 Å². The van der Waals surface area contributed by atoms with E-state index in [2.05, 4.69) is 88.0 Å². The molecular formula is C45H25N5. The fraction of sp³-hybridized carbons (Fsp3) is 0. The third-order valence-electron chi connectivity index (χ3n) is 9.65. The van der Waals surface area contributed by atoms with Gasteiger partial charge in [0.25, 0.3) is 0 Å². The molecule has 0 amide bonds. The fourth-order valence-corrected chi connectivity index (χ4v) is 7.53. The van der Waals surface area contributed by atoms with Gasteiger partial charge in [0.05, 0.1) is 62.3 Å². The summed E-state index contributed by atoms with van der Waals surface area (Å²) in [5, 5.41) is 35.0. The molecule has 9 aromatic rings. The van der Waals surface area contributed by atoms with Crippen LogP contribution in [0.25, 0.3) is 77.2 Å². The highest BCUT2D eigenvalue weighted by atomic mass is 15.0. The predicted molar refractivity (Wildman–Crippen MR) is 200 cm³/mol. The summed E-state index contributed by atoms with van der Waals surface area (Å²) < 4.78 is 4.38. The van der Waals surface area contributed by atoms with E-state index in [4.69, 9.17) is 0 Å². The van der Waals surface area contributed by atoms with Crippen molar-refractivity contribution in [3.63, 3.8) is 0 Å². The average Bonchev–Trinajstić information content (AvgIpc) is 3.69. The van der Waals surface area contributed by atoms with Gasteiger partial charge in [0.1, 0.15) is 6.07 Å². The molecule has 0 fully saturated rings. The monoisotopic (exact) mass is 635 g/mol. The Morgan fingerprint density at radius 1 is 0.380 bits per heavy atom. The fourth-order valence-electron chi connectivity index (χ4n) is 7.53. The maximum absolute atomic E-state index is 10.6. The lowest BCUT2D eigenvalue weighted by Gasteiger charge is -2.19. The molecule has 0 atom stereocenters. The molecule has 0 N–H and O–H groups in total. The number of benzene rings is 7. The van der Waals surface area contributed by atoms with E-state index in [0.717, 1.165) is 77.2 Å². The molecule has 5 heteroatoms. The number of nitrogens with zero attached hydrogens (tertiary/aromatic N) is 5. The molecule has 0 unspecified atom stereocenters. The number of hydrogen-bond donors (Lipinski definition) is 0. The Morgan fingerprint density at radius 2 is 0.940 bits per heavy atom. The summed E-state index contributed by atoms with van der Waals surface area (Å²) in [5.41, 5.74) is 10.8. The van der Waals surface area contributed by atoms with Crippen LogP contribution >= 0.6 is 0 Å². The molecule has 0 aliphatic rings. The van der Waals surface area contributed by atoms with Crippen LogP contribution in [0.5, 0.6) is 0 Å². The van der Waals surface area contributed by atoms with Gasteiger partial charge in [-0.1, -0.05) is 91.0 Å². The molecule has 0 saturated heterocycles. The van der Waals surface area contributed by atoms with Crippen LogP contribution < -0.4 is 0 Å². The Balaban J connectivity index is 1.28. The SMILES string of the molecule is N#Cc1ccc2c(c1)c1ccccc1n2-c1ccc(-c2cccc(C#N)c2-c2ccccc2-n2c3ccccc3c3ccccc32)cc1C#N. The minimum atomic E-state index is 0.499. The van der Waals surface area contributed by atoms with E-state index in [1.54, 1.807) is 0 Å². The Morgan fingerprint density at radius 3 is 1.60 bits per heavy atom. The number of nitriles is 3. The van der Waals surface area contributed by atoms with Crippen molar-refractivity contribution < 1.29 is 0 Å². The first-order valence-corrected chi connectivity index (χ1v) is 16.3. The topological polar surface area (TPSA) is 81.2 Å². The molecule has 0 aliphatic heterocycles. The molecule has 0 saturated carbocycles. The second-order valence-corrected chi connectivity index (χ2v) is 12.3. The van der Waals surface area contributed by atoms with Crippen LogP contribution in [0.3, 0.4) is 0 Å². The van der Waals surface area contributed by atoms with Crippen molar-refractivity contribution in [2.24, 2.45) is 0 Å². The van der Waals surface area contributed by atoms with E-state index < -0.39 is 0 Å². The normalized spacial score (nSPS) is 11.1. The molecule has 230 valence electrons. The number of fused-ring (bicyclic) bond motifs is 6. The Hall–Kier alpha value is -7.39. The van der Waals surface area contributed by atoms with Crippen LogP contribution in [-0.2, 0) is 0 Å². The number of hydrogen-bond acceptors (Lipinski definition) is 3. The van der Waals surface area contributed by atoms with Crippen LogP contribution in [0.15, 0.2) is 152 Å². The molecule has 7 aromatic carbocycles. The molecular weight excluding hydrogens is 611 g/mol. The van der Waals surface area contributed by atoms with Gasteiger partial charge >= 0.3 is 0 Å². The van der Waals surface area contributed by atoms with Crippen molar-refractivity contribution in [2.45, 2.75) is 0 Å². The summed E-state index contributed by atoms with van der Waals surface area (Å²) in [6.45, 7) is 0. The first-order valence-electron chi connectivity index (χ1n) is 16.3. The first-order chi connectivity index (χ1) is 24.7. The third kappa shape index (κ3) is 4.24. The van der Waals surface area contributed by atoms with Gasteiger partial charge in [0.15, 0.2) is 0 Å². The molecule has 0 spiro atoms. The second-order valence-electron chi connectivity index (χ2n) is 12.3. The van der Waals surface area contributed by atoms with E-state index in [1.807, 2.05) is 91.0 Å². The molecule has 2 aromatic heterocycles. The minimum absolute atomic E-state index is 0.499. The molecule has 50 heavy (non-hydrogen) atoms. The molecule has 0 bridgehead atoms. The number of para-hydroxylation sites is 4. The van der Waals surface area contributed by atoms with Crippen molar-refractivity contribution in [3.05, 3.63) is 168 Å². The summed E-state index contributed by atoms with van der Waals surface area (Å²) in [6, 6.07) is 57.6. The van der Waals surface area contributed by atoms with E-state index in [9.17, 15) is 15.8 Å². The van der Waals surface area contributed by atoms with Crippen molar-refractivity contribution in [1.82, 2.24) is 9.13 Å². The number of aromatic nitrogens is 2. The van der Waals surface area contributed by atoms with Gasteiger partial charge in [-0.3, -0.25) is 0 Å². The Bertz CT molecular complexity index is 2920. The van der Waals surface area contributed by atoms with Crippen LogP contribution in [-0.4, -0.2) is 9.13 Å². The largest absolute Gasteiger partial charge is 0.309 e. The lowest BCUT2D eigenvalue weighted by Crippen LogP contribution is -2.00. The standard InChI is InChI=1S/C45H25N5/c46-26-29-20-22-44-38(24-29)36-13-3-7-18-42(36)49(44)39-23-21-30(25-32(39)28-48)33-15-9-10-31(27-47)45(33)37-14-4-8-19-43(37)50-40-16-5-1-11-34(40)35-12-2-6-17-41(35)50/h1-25H. The average molecular weight is 636 g/mol. The van der Waals surface area contributed by atoms with Gasteiger partial charge in [-0.2, -0.15) is 15.8 Å². The smallest absolute Gasteiger partial charge is 0.101 e. The maximum Gasteiger partial charge on any atom is 0.101 e. The van der Waals surface area contributed by atoms with Gasteiger partial charge in [0.2, 0.25) is 0 Å². The molecule has 9 rings (SSSR count). The van der Waals surface area contributed by atoms with Crippen LogP contribution in [0.1, 0.15) is 16.7 Å². The van der Waals surface area contributed by atoms with Gasteiger partial charge < -0.3 is 9.13 Å². The zero-order valence-corrected chi connectivity index (χ0v) is 26.7. The summed E-state index contributed by atoms with van der Waals surface area (Å²) in [5.74, 6) is 0.